The van der Waals surface area contributed by atoms with Crippen LogP contribution in [0.4, 0.5) is 0 Å². The molecule has 1 rings (SSSR count). The minimum absolute atomic E-state index is 0.713. The average Bonchev–Trinajstić information content (AvgIpc) is 2.38. The molecule has 1 fully saturated rings. The number of hydrogen-bond acceptors (Lipinski definition) is 4. The van der Waals surface area contributed by atoms with E-state index in [2.05, 4.69) is 27.6 Å². The van der Waals surface area contributed by atoms with E-state index < -0.39 is 0 Å². The van der Waals surface area contributed by atoms with Crippen molar-refractivity contribution >= 4 is 17.7 Å². The summed E-state index contributed by atoms with van der Waals surface area (Å²) < 4.78 is 0. The molecule has 1 aliphatic rings. The highest BCUT2D eigenvalue weighted by atomic mass is 32.2. The largest absolute Gasteiger partial charge is 0.354 e. The van der Waals surface area contributed by atoms with Crippen LogP contribution in [0.25, 0.3) is 0 Å². The summed E-state index contributed by atoms with van der Waals surface area (Å²) in [6, 6.07) is 0. The number of nitrogens with two attached hydrogens (primary N) is 1. The van der Waals surface area contributed by atoms with Gasteiger partial charge >= 0.3 is 0 Å². The van der Waals surface area contributed by atoms with Gasteiger partial charge in [0, 0.05) is 44.2 Å². The average molecular weight is 259 g/mol. The second-order valence-corrected chi connectivity index (χ2v) is 5.33. The van der Waals surface area contributed by atoms with Crippen LogP contribution in [0, 0.1) is 0 Å². The molecule has 5 nitrogen and oxygen atoms in total. The van der Waals surface area contributed by atoms with Crippen molar-refractivity contribution in [1.82, 2.24) is 15.6 Å². The van der Waals surface area contributed by atoms with Crippen LogP contribution in [0.15, 0.2) is 4.99 Å². The van der Waals surface area contributed by atoms with Crippen molar-refractivity contribution in [1.29, 1.82) is 0 Å². The molecule has 6 heteroatoms. The first-order chi connectivity index (χ1) is 8.36. The smallest absolute Gasteiger partial charge is 0.205 e. The summed E-state index contributed by atoms with van der Waals surface area (Å²) in [4.78, 5) is 6.84. The van der Waals surface area contributed by atoms with Crippen LogP contribution in [0.5, 0.6) is 0 Å². The molecule has 0 atom stereocenters. The number of hydrazine groups is 1. The Bertz CT molecular complexity index is 216. The van der Waals surface area contributed by atoms with Gasteiger partial charge in [-0.05, 0) is 6.42 Å². The Kier molecular flexibility index (Phi) is 8.21. The molecule has 1 saturated heterocycles. The van der Waals surface area contributed by atoms with E-state index in [9.17, 15) is 0 Å². The highest BCUT2D eigenvalue weighted by Crippen LogP contribution is 2.07. The fourth-order valence-electron chi connectivity index (χ4n) is 1.66. The second kappa shape index (κ2) is 9.56. The molecule has 0 aromatic carbocycles. The van der Waals surface area contributed by atoms with E-state index in [0.29, 0.717) is 5.96 Å². The van der Waals surface area contributed by atoms with Crippen LogP contribution in [-0.2, 0) is 0 Å². The first-order valence-corrected chi connectivity index (χ1v) is 7.57. The van der Waals surface area contributed by atoms with Crippen molar-refractivity contribution in [3.63, 3.8) is 0 Å². The summed E-state index contributed by atoms with van der Waals surface area (Å²) in [5.74, 6) is 8.64. The van der Waals surface area contributed by atoms with E-state index in [0.717, 1.165) is 32.5 Å². The topological polar surface area (TPSA) is 65.7 Å². The summed E-state index contributed by atoms with van der Waals surface area (Å²) in [7, 11) is 0. The summed E-state index contributed by atoms with van der Waals surface area (Å²) in [5.41, 5.74) is 2.61. The minimum Gasteiger partial charge on any atom is -0.354 e. The molecule has 0 aromatic heterocycles. The molecule has 0 spiro atoms. The molecule has 0 unspecified atom stereocenters. The van der Waals surface area contributed by atoms with Crippen LogP contribution in [-0.4, -0.2) is 55.1 Å². The first kappa shape index (κ1) is 14.6. The standard InChI is InChI=1S/C11H25N5S/c1-2-3-4-13-11(15-12)14-5-6-16-7-9-17-10-8-16/h2-10,12H2,1H3,(H2,13,14,15). The Balaban J connectivity index is 2.11. The van der Waals surface area contributed by atoms with Gasteiger partial charge in [0.05, 0.1) is 0 Å². The van der Waals surface area contributed by atoms with Crippen molar-refractivity contribution in [3.8, 4) is 0 Å². The van der Waals surface area contributed by atoms with Gasteiger partial charge in [-0.15, -0.1) is 0 Å². The zero-order valence-electron chi connectivity index (χ0n) is 10.7. The zero-order valence-corrected chi connectivity index (χ0v) is 11.6. The molecule has 1 aliphatic heterocycles. The molecule has 0 radical (unpaired) electrons. The van der Waals surface area contributed by atoms with Crippen molar-refractivity contribution in [2.24, 2.45) is 10.8 Å². The van der Waals surface area contributed by atoms with E-state index >= 15 is 0 Å². The van der Waals surface area contributed by atoms with Gasteiger partial charge in [0.15, 0.2) is 0 Å². The number of nitrogens with one attached hydrogen (secondary N) is 2. The number of rotatable bonds is 6. The number of aliphatic imine (C=N–C) groups is 1. The molecule has 1 heterocycles. The third-order valence-corrected chi connectivity index (χ3v) is 3.68. The van der Waals surface area contributed by atoms with Crippen LogP contribution in [0.3, 0.4) is 0 Å². The normalized spacial score (nSPS) is 18.1. The lowest BCUT2D eigenvalue weighted by Gasteiger charge is -2.26. The highest BCUT2D eigenvalue weighted by molar-refractivity contribution is 7.99. The molecular formula is C11H25N5S. The Morgan fingerprint density at radius 1 is 1.41 bits per heavy atom. The van der Waals surface area contributed by atoms with Gasteiger partial charge in [-0.1, -0.05) is 13.3 Å². The van der Waals surface area contributed by atoms with Crippen LogP contribution in [0.1, 0.15) is 19.8 Å². The first-order valence-electron chi connectivity index (χ1n) is 6.42. The van der Waals surface area contributed by atoms with E-state index in [4.69, 9.17) is 5.84 Å². The fourth-order valence-corrected chi connectivity index (χ4v) is 2.64. The number of guanidine groups is 1. The Labute approximate surface area is 109 Å². The lowest BCUT2D eigenvalue weighted by molar-refractivity contribution is 0.307. The van der Waals surface area contributed by atoms with Gasteiger partial charge in [0.1, 0.15) is 0 Å². The summed E-state index contributed by atoms with van der Waals surface area (Å²) in [6.07, 6.45) is 2.27. The van der Waals surface area contributed by atoms with Gasteiger partial charge < -0.3 is 5.32 Å². The summed E-state index contributed by atoms with van der Waals surface area (Å²) in [6.45, 7) is 7.36. The van der Waals surface area contributed by atoms with Gasteiger partial charge in [0.25, 0.3) is 0 Å². The molecule has 0 saturated carbocycles. The van der Waals surface area contributed by atoms with Crippen molar-refractivity contribution in [2.75, 3.05) is 44.2 Å². The Morgan fingerprint density at radius 2 is 2.18 bits per heavy atom. The molecule has 0 bridgehead atoms. The van der Waals surface area contributed by atoms with E-state index in [1.165, 1.54) is 24.6 Å². The van der Waals surface area contributed by atoms with Gasteiger partial charge in [-0.25, -0.2) is 5.84 Å². The lowest BCUT2D eigenvalue weighted by atomic mass is 10.3. The third-order valence-electron chi connectivity index (χ3n) is 2.74. The summed E-state index contributed by atoms with van der Waals surface area (Å²) >= 11 is 2.04. The van der Waals surface area contributed by atoms with Crippen LogP contribution in [0.2, 0.25) is 0 Å². The zero-order chi connectivity index (χ0) is 12.3. The number of hydrogen-bond donors (Lipinski definition) is 3. The maximum atomic E-state index is 5.41. The number of nitrogens with zero attached hydrogens (tertiary/aromatic N) is 2. The van der Waals surface area contributed by atoms with Gasteiger partial charge in [-0.2, -0.15) is 11.8 Å². The molecule has 4 N–H and O–H groups in total. The Hall–Kier alpha value is -0.460. The molecule has 0 amide bonds. The summed E-state index contributed by atoms with van der Waals surface area (Å²) in [5, 5.41) is 3.24. The lowest BCUT2D eigenvalue weighted by Crippen LogP contribution is -2.45. The van der Waals surface area contributed by atoms with Gasteiger partial charge in [-0.3, -0.25) is 15.3 Å². The SMILES string of the molecule is CCCCN=C(NN)NCCN1CCSCC1. The second-order valence-electron chi connectivity index (χ2n) is 4.11. The van der Waals surface area contributed by atoms with Crippen LogP contribution < -0.4 is 16.6 Å². The maximum absolute atomic E-state index is 5.41. The van der Waals surface area contributed by atoms with E-state index in [1.807, 2.05) is 11.8 Å². The van der Waals surface area contributed by atoms with Crippen molar-refractivity contribution < 1.29 is 0 Å². The predicted molar refractivity (Wildman–Crippen MR) is 76.3 cm³/mol. The van der Waals surface area contributed by atoms with Crippen LogP contribution >= 0.6 is 11.8 Å². The molecule has 0 aliphatic carbocycles. The minimum atomic E-state index is 0.713. The maximum Gasteiger partial charge on any atom is 0.205 e. The molecule has 17 heavy (non-hydrogen) atoms. The highest BCUT2D eigenvalue weighted by Gasteiger charge is 2.09. The fraction of sp³-hybridized carbons (Fsp3) is 0.909. The third kappa shape index (κ3) is 6.75. The number of thioether (sulfide) groups is 1. The van der Waals surface area contributed by atoms with E-state index in [-0.39, 0.29) is 0 Å². The number of unbranched alkanes of at least 4 members (excludes halogenated alkanes) is 1. The Morgan fingerprint density at radius 3 is 2.82 bits per heavy atom. The monoisotopic (exact) mass is 259 g/mol. The van der Waals surface area contributed by atoms with Crippen molar-refractivity contribution in [3.05, 3.63) is 0 Å². The molecular weight excluding hydrogens is 234 g/mol. The van der Waals surface area contributed by atoms with E-state index in [1.54, 1.807) is 0 Å². The predicted octanol–water partition coefficient (Wildman–Crippen LogP) is 0.244. The van der Waals surface area contributed by atoms with Crippen molar-refractivity contribution in [2.45, 2.75) is 19.8 Å². The molecule has 0 aromatic rings. The molecule has 100 valence electrons. The quantitative estimate of drug-likeness (QED) is 0.210. The van der Waals surface area contributed by atoms with Gasteiger partial charge in [0.2, 0.25) is 5.96 Å².